The molecule has 0 unspecified atom stereocenters. The van der Waals surface area contributed by atoms with Gasteiger partial charge >= 0.3 is 0 Å². The first-order valence-electron chi connectivity index (χ1n) is 7.81. The number of aromatic nitrogens is 2. The maximum atomic E-state index is 13.8. The van der Waals surface area contributed by atoms with Gasteiger partial charge in [-0.2, -0.15) is 0 Å². The van der Waals surface area contributed by atoms with Gasteiger partial charge in [0.25, 0.3) is 0 Å². The van der Waals surface area contributed by atoms with Crippen LogP contribution >= 0.6 is 34.5 Å². The smallest absolute Gasteiger partial charge is 0.205 e. The Balaban J connectivity index is 1.79. The molecule has 0 aliphatic heterocycles. The van der Waals surface area contributed by atoms with Crippen LogP contribution in [-0.4, -0.2) is 9.97 Å². The monoisotopic (exact) mass is 423 g/mol. The zero-order valence-electron chi connectivity index (χ0n) is 13.9. The lowest BCUT2D eigenvalue weighted by Gasteiger charge is -2.18. The summed E-state index contributed by atoms with van der Waals surface area (Å²) in [5.41, 5.74) is 10.0. The zero-order valence-corrected chi connectivity index (χ0v) is 16.2. The molecule has 0 bridgehead atoms. The molecule has 5 nitrogen and oxygen atoms in total. The Bertz CT molecular complexity index is 1130. The van der Waals surface area contributed by atoms with E-state index in [1.54, 1.807) is 24.9 Å². The number of fused-ring (bicyclic) bond motifs is 1. The van der Waals surface area contributed by atoms with Crippen LogP contribution in [0, 0.1) is 5.82 Å². The van der Waals surface area contributed by atoms with E-state index in [1.165, 1.54) is 23.5 Å². The van der Waals surface area contributed by atoms with Crippen molar-refractivity contribution in [3.63, 3.8) is 0 Å². The summed E-state index contributed by atoms with van der Waals surface area (Å²) >= 11 is 13.7. The Labute approximate surface area is 167 Å². The minimum atomic E-state index is -0.691. The molecular formula is C18H12Cl2FN3O2S. The quantitative estimate of drug-likeness (QED) is 0.400. The number of hydrogen-bond acceptors (Lipinski definition) is 6. The van der Waals surface area contributed by atoms with Crippen molar-refractivity contribution in [1.82, 2.24) is 9.97 Å². The summed E-state index contributed by atoms with van der Waals surface area (Å²) in [6.07, 6.45) is 2.48. The topological polar surface area (TPSA) is 74.2 Å². The summed E-state index contributed by atoms with van der Waals surface area (Å²) in [4.78, 5) is 8.47. The van der Waals surface area contributed by atoms with Crippen LogP contribution in [0.25, 0.3) is 22.2 Å². The summed E-state index contributed by atoms with van der Waals surface area (Å²) in [6, 6.07) is 2.62. The van der Waals surface area contributed by atoms with Crippen molar-refractivity contribution >= 4 is 51.3 Å². The van der Waals surface area contributed by atoms with Gasteiger partial charge in [0.2, 0.25) is 5.75 Å². The fourth-order valence-corrected chi connectivity index (χ4v) is 4.02. The summed E-state index contributed by atoms with van der Waals surface area (Å²) in [5.74, 6) is -0.213. The van der Waals surface area contributed by atoms with Gasteiger partial charge in [-0.25, -0.2) is 14.4 Å². The third kappa shape index (κ3) is 3.12. The van der Waals surface area contributed by atoms with Gasteiger partial charge in [-0.05, 0) is 19.1 Å². The third-order valence-electron chi connectivity index (χ3n) is 4.09. The normalized spacial score (nSPS) is 12.4. The number of furan rings is 1. The van der Waals surface area contributed by atoms with Gasteiger partial charge < -0.3 is 14.9 Å². The average molecular weight is 424 g/mol. The number of anilines is 1. The Morgan fingerprint density at radius 2 is 2.11 bits per heavy atom. The molecule has 1 atom stereocenters. The van der Waals surface area contributed by atoms with Crippen LogP contribution in [0.4, 0.5) is 10.2 Å². The van der Waals surface area contributed by atoms with E-state index in [0.717, 1.165) is 11.3 Å². The minimum Gasteiger partial charge on any atom is -0.478 e. The highest BCUT2D eigenvalue weighted by molar-refractivity contribution is 7.07. The van der Waals surface area contributed by atoms with Gasteiger partial charge in [0.05, 0.1) is 21.6 Å². The number of thiazole rings is 1. The molecule has 2 N–H and O–H groups in total. The molecule has 0 saturated heterocycles. The first kappa shape index (κ1) is 18.0. The molecule has 0 radical (unpaired) electrons. The third-order valence-corrected chi connectivity index (χ3v) is 5.39. The lowest BCUT2D eigenvalue weighted by atomic mass is 10.1. The lowest BCUT2D eigenvalue weighted by Crippen LogP contribution is -2.08. The Kier molecular flexibility index (Phi) is 4.67. The summed E-state index contributed by atoms with van der Waals surface area (Å²) in [6.45, 7) is 1.69. The number of nitrogens with zero attached hydrogens (tertiary/aromatic N) is 2. The number of pyridine rings is 1. The first-order valence-corrected chi connectivity index (χ1v) is 9.51. The van der Waals surface area contributed by atoms with Crippen molar-refractivity contribution < 1.29 is 13.5 Å². The summed E-state index contributed by atoms with van der Waals surface area (Å²) < 4.78 is 25.5. The molecule has 0 spiro atoms. The molecule has 4 rings (SSSR count). The van der Waals surface area contributed by atoms with Crippen LogP contribution in [0.2, 0.25) is 10.0 Å². The summed E-state index contributed by atoms with van der Waals surface area (Å²) in [7, 11) is 0. The van der Waals surface area contributed by atoms with Crippen molar-refractivity contribution in [2.75, 3.05) is 5.73 Å². The van der Waals surface area contributed by atoms with Crippen LogP contribution in [-0.2, 0) is 0 Å². The zero-order chi connectivity index (χ0) is 19.1. The second kappa shape index (κ2) is 6.99. The van der Waals surface area contributed by atoms with Crippen molar-refractivity contribution in [3.05, 3.63) is 56.9 Å². The lowest BCUT2D eigenvalue weighted by molar-refractivity contribution is 0.227. The Morgan fingerprint density at radius 1 is 1.30 bits per heavy atom. The van der Waals surface area contributed by atoms with Crippen molar-refractivity contribution in [1.29, 1.82) is 0 Å². The molecule has 3 aromatic heterocycles. The van der Waals surface area contributed by atoms with Gasteiger partial charge in [0.1, 0.15) is 18.2 Å². The number of nitrogens with two attached hydrogens (primary N) is 1. The fourth-order valence-electron chi connectivity index (χ4n) is 2.79. The van der Waals surface area contributed by atoms with Crippen molar-refractivity contribution in [3.8, 4) is 17.0 Å². The molecule has 0 amide bonds. The average Bonchev–Trinajstić information content (AvgIpc) is 3.30. The molecule has 0 aliphatic rings. The maximum absolute atomic E-state index is 13.8. The van der Waals surface area contributed by atoms with Crippen LogP contribution < -0.4 is 10.5 Å². The molecule has 0 aliphatic carbocycles. The van der Waals surface area contributed by atoms with E-state index in [-0.39, 0.29) is 21.6 Å². The van der Waals surface area contributed by atoms with Crippen LogP contribution in [0.1, 0.15) is 18.6 Å². The first-order chi connectivity index (χ1) is 13.0. The second-order valence-electron chi connectivity index (χ2n) is 5.76. The molecule has 3 heterocycles. The SMILES string of the molecule is C[C@@H](Oc1c(N)ncc2c(-c3cscn3)coc12)c1c(Cl)ccc(F)c1Cl. The standard InChI is InChI=1S/C18H12Cl2FN3O2S/c1-8(14-11(19)2-3-12(21)15(14)20)26-17-16-9(4-23-18(17)22)10(5-25-16)13-6-27-7-24-13/h2-8H,1H3,(H2,22,23)/t8-/m1/s1. The molecule has 27 heavy (non-hydrogen) atoms. The number of halogens is 3. The molecule has 4 aromatic rings. The van der Waals surface area contributed by atoms with E-state index >= 15 is 0 Å². The highest BCUT2D eigenvalue weighted by atomic mass is 35.5. The van der Waals surface area contributed by atoms with E-state index < -0.39 is 11.9 Å². The number of hydrogen-bond donors (Lipinski definition) is 1. The largest absolute Gasteiger partial charge is 0.478 e. The maximum Gasteiger partial charge on any atom is 0.205 e. The predicted octanol–water partition coefficient (Wildman–Crippen LogP) is 6.12. The van der Waals surface area contributed by atoms with Crippen molar-refractivity contribution in [2.24, 2.45) is 0 Å². The van der Waals surface area contributed by atoms with E-state index in [2.05, 4.69) is 9.97 Å². The van der Waals surface area contributed by atoms with Crippen LogP contribution in [0.15, 0.2) is 39.9 Å². The Hall–Kier alpha value is -2.35. The number of rotatable bonds is 4. The number of ether oxygens (including phenoxy) is 1. The highest BCUT2D eigenvalue weighted by Gasteiger charge is 2.23. The van der Waals surface area contributed by atoms with Crippen LogP contribution in [0.3, 0.4) is 0 Å². The van der Waals surface area contributed by atoms with E-state index in [1.807, 2.05) is 5.38 Å². The number of nitrogen functional groups attached to an aromatic ring is 1. The molecular weight excluding hydrogens is 412 g/mol. The molecule has 0 saturated carbocycles. The van der Waals surface area contributed by atoms with E-state index in [4.69, 9.17) is 38.1 Å². The highest BCUT2D eigenvalue weighted by Crippen LogP contribution is 2.41. The fraction of sp³-hybridized carbons (Fsp3) is 0.111. The van der Waals surface area contributed by atoms with E-state index in [9.17, 15) is 4.39 Å². The molecule has 138 valence electrons. The van der Waals surface area contributed by atoms with Gasteiger partial charge in [-0.15, -0.1) is 11.3 Å². The van der Waals surface area contributed by atoms with Gasteiger partial charge in [0, 0.05) is 27.7 Å². The molecule has 1 aromatic carbocycles. The molecule has 9 heteroatoms. The molecule has 0 fully saturated rings. The van der Waals surface area contributed by atoms with Gasteiger partial charge in [0.15, 0.2) is 11.4 Å². The van der Waals surface area contributed by atoms with Gasteiger partial charge in [-0.3, -0.25) is 0 Å². The summed E-state index contributed by atoms with van der Waals surface area (Å²) in [5, 5.41) is 2.79. The second-order valence-corrected chi connectivity index (χ2v) is 7.26. The van der Waals surface area contributed by atoms with Crippen molar-refractivity contribution in [2.45, 2.75) is 13.0 Å². The number of benzene rings is 1. The van der Waals surface area contributed by atoms with Crippen LogP contribution in [0.5, 0.6) is 5.75 Å². The predicted molar refractivity (Wildman–Crippen MR) is 105 cm³/mol. The minimum absolute atomic E-state index is 0.101. The Morgan fingerprint density at radius 3 is 2.85 bits per heavy atom. The van der Waals surface area contributed by atoms with E-state index in [0.29, 0.717) is 16.5 Å². The van der Waals surface area contributed by atoms with Gasteiger partial charge in [-0.1, -0.05) is 23.2 Å².